The number of imidazole rings is 1. The summed E-state index contributed by atoms with van der Waals surface area (Å²) < 4.78 is 46.5. The van der Waals surface area contributed by atoms with E-state index in [0.29, 0.717) is 6.54 Å². The second-order valence-electron chi connectivity index (χ2n) is 6.92. The fraction of sp³-hybridized carbons (Fsp3) is 0.350. The molecular weight excluding hydrogens is 371 g/mol. The van der Waals surface area contributed by atoms with Crippen LogP contribution in [0.5, 0.6) is 11.5 Å². The Labute approximate surface area is 160 Å². The summed E-state index contributed by atoms with van der Waals surface area (Å²) in [5.41, 5.74) is 2.62. The Bertz CT molecular complexity index is 971. The minimum Gasteiger partial charge on any atom is -0.497 e. The number of hydrogen-bond acceptors (Lipinski definition) is 4. The van der Waals surface area contributed by atoms with Gasteiger partial charge in [-0.05, 0) is 42.8 Å². The second-order valence-corrected chi connectivity index (χ2v) is 6.92. The van der Waals surface area contributed by atoms with Crippen LogP contribution in [-0.2, 0) is 6.54 Å². The van der Waals surface area contributed by atoms with Gasteiger partial charge < -0.3 is 14.5 Å². The van der Waals surface area contributed by atoms with Crippen LogP contribution in [0.25, 0.3) is 11.0 Å². The monoisotopic (exact) mass is 391 g/mol. The van der Waals surface area contributed by atoms with Crippen LogP contribution in [-0.4, -0.2) is 41.4 Å². The van der Waals surface area contributed by atoms with E-state index in [2.05, 4.69) is 19.6 Å². The molecule has 1 aliphatic heterocycles. The molecule has 8 heteroatoms. The molecule has 1 saturated heterocycles. The van der Waals surface area contributed by atoms with Crippen molar-refractivity contribution in [3.05, 3.63) is 53.9 Å². The highest BCUT2D eigenvalue weighted by atomic mass is 19.4. The maximum Gasteiger partial charge on any atom is 0.573 e. The number of methoxy groups -OCH3 is 1. The van der Waals surface area contributed by atoms with Crippen LogP contribution in [0.2, 0.25) is 0 Å². The smallest absolute Gasteiger partial charge is 0.497 e. The maximum atomic E-state index is 12.4. The molecule has 0 saturated carbocycles. The van der Waals surface area contributed by atoms with E-state index in [9.17, 15) is 13.2 Å². The number of halogens is 3. The van der Waals surface area contributed by atoms with Crippen LogP contribution < -0.4 is 9.47 Å². The minimum atomic E-state index is -4.68. The van der Waals surface area contributed by atoms with Gasteiger partial charge in [0.2, 0.25) is 0 Å². The molecule has 0 radical (unpaired) electrons. The fourth-order valence-corrected chi connectivity index (χ4v) is 3.63. The lowest BCUT2D eigenvalue weighted by molar-refractivity contribution is -0.274. The third-order valence-corrected chi connectivity index (χ3v) is 4.90. The van der Waals surface area contributed by atoms with E-state index in [1.165, 1.54) is 12.1 Å². The van der Waals surface area contributed by atoms with Gasteiger partial charge in [-0.2, -0.15) is 0 Å². The van der Waals surface area contributed by atoms with E-state index < -0.39 is 6.36 Å². The Morgan fingerprint density at radius 1 is 1.18 bits per heavy atom. The van der Waals surface area contributed by atoms with Crippen LogP contribution in [0.1, 0.15) is 23.7 Å². The highest BCUT2D eigenvalue weighted by Gasteiger charge is 2.31. The lowest BCUT2D eigenvalue weighted by Gasteiger charge is -2.16. The first kappa shape index (κ1) is 18.6. The molecule has 0 spiro atoms. The molecule has 1 aliphatic rings. The van der Waals surface area contributed by atoms with Gasteiger partial charge in [-0.1, -0.05) is 12.1 Å². The third-order valence-electron chi connectivity index (χ3n) is 4.90. The number of likely N-dealkylation sites (tertiary alicyclic amines) is 1. The Morgan fingerprint density at radius 2 is 2.04 bits per heavy atom. The maximum absolute atomic E-state index is 12.4. The van der Waals surface area contributed by atoms with Gasteiger partial charge in [0.25, 0.3) is 0 Å². The number of hydrogen-bond donors (Lipinski definition) is 1. The summed E-state index contributed by atoms with van der Waals surface area (Å²) in [6, 6.07) is 11.9. The van der Waals surface area contributed by atoms with Crippen molar-refractivity contribution in [3.8, 4) is 11.5 Å². The van der Waals surface area contributed by atoms with Crippen molar-refractivity contribution >= 4 is 11.0 Å². The van der Waals surface area contributed by atoms with Crippen molar-refractivity contribution in [1.82, 2.24) is 14.9 Å². The summed E-state index contributed by atoms with van der Waals surface area (Å²) in [6.07, 6.45) is -3.74. The predicted octanol–water partition coefficient (Wildman–Crippen LogP) is 4.46. The Morgan fingerprint density at radius 3 is 2.82 bits per heavy atom. The molecule has 28 heavy (non-hydrogen) atoms. The number of fused-ring (bicyclic) bond motifs is 1. The number of nitrogens with one attached hydrogen (secondary N) is 1. The summed E-state index contributed by atoms with van der Waals surface area (Å²) >= 11 is 0. The Balaban J connectivity index is 1.42. The molecular formula is C20H20F3N3O2. The number of nitrogens with zero attached hydrogens (tertiary/aromatic N) is 2. The molecule has 4 rings (SSSR count). The highest BCUT2D eigenvalue weighted by molar-refractivity contribution is 5.76. The molecule has 0 bridgehead atoms. The Hall–Kier alpha value is -2.74. The zero-order chi connectivity index (χ0) is 19.7. The van der Waals surface area contributed by atoms with Crippen LogP contribution in [0.15, 0.2) is 42.5 Å². The van der Waals surface area contributed by atoms with Gasteiger partial charge in [-0.3, -0.25) is 4.90 Å². The quantitative estimate of drug-likeness (QED) is 0.698. The second kappa shape index (κ2) is 7.35. The lowest BCUT2D eigenvalue weighted by atomic mass is 10.1. The van der Waals surface area contributed by atoms with Crippen molar-refractivity contribution < 1.29 is 22.6 Å². The molecule has 1 unspecified atom stereocenters. The molecule has 2 aromatic carbocycles. The zero-order valence-corrected chi connectivity index (χ0v) is 15.3. The molecule has 1 fully saturated rings. The molecule has 148 valence electrons. The van der Waals surface area contributed by atoms with E-state index >= 15 is 0 Å². The SMILES string of the molecule is COc1ccc2nc(C3CCN(Cc4cccc(OC(F)(F)F)c4)C3)[nH]c2c1. The average molecular weight is 391 g/mol. The Kier molecular flexibility index (Phi) is 4.89. The first-order chi connectivity index (χ1) is 13.4. The first-order valence-electron chi connectivity index (χ1n) is 9.00. The molecule has 0 amide bonds. The van der Waals surface area contributed by atoms with Crippen LogP contribution in [0.4, 0.5) is 13.2 Å². The van der Waals surface area contributed by atoms with E-state index in [-0.39, 0.29) is 11.7 Å². The van der Waals surface area contributed by atoms with Gasteiger partial charge in [0.1, 0.15) is 17.3 Å². The third kappa shape index (κ3) is 4.22. The number of alkyl halides is 3. The molecule has 1 atom stereocenters. The molecule has 1 N–H and O–H groups in total. The van der Waals surface area contributed by atoms with Gasteiger partial charge in [-0.25, -0.2) is 4.98 Å². The minimum absolute atomic E-state index is 0.188. The number of ether oxygens (including phenoxy) is 2. The summed E-state index contributed by atoms with van der Waals surface area (Å²) in [7, 11) is 1.63. The number of aromatic amines is 1. The van der Waals surface area contributed by atoms with E-state index in [1.807, 2.05) is 24.3 Å². The topological polar surface area (TPSA) is 50.4 Å². The van der Waals surface area contributed by atoms with Crippen molar-refractivity contribution in [2.24, 2.45) is 0 Å². The van der Waals surface area contributed by atoms with Crippen molar-refractivity contribution in [2.75, 3.05) is 20.2 Å². The van der Waals surface area contributed by atoms with Crippen molar-refractivity contribution in [3.63, 3.8) is 0 Å². The average Bonchev–Trinajstić information content (AvgIpc) is 3.26. The first-order valence-corrected chi connectivity index (χ1v) is 9.00. The van der Waals surface area contributed by atoms with Gasteiger partial charge in [0.15, 0.2) is 0 Å². The standard InChI is InChI=1S/C20H20F3N3O2/c1-27-15-5-6-17-18(10-15)25-19(24-17)14-7-8-26(12-14)11-13-3-2-4-16(9-13)28-20(21,22)23/h2-6,9-10,14H,7-8,11-12H2,1H3,(H,24,25). The molecule has 0 aliphatic carbocycles. The van der Waals surface area contributed by atoms with Gasteiger partial charge in [-0.15, -0.1) is 13.2 Å². The molecule has 5 nitrogen and oxygen atoms in total. The van der Waals surface area contributed by atoms with E-state index in [4.69, 9.17) is 4.74 Å². The zero-order valence-electron chi connectivity index (χ0n) is 15.3. The predicted molar refractivity (Wildman–Crippen MR) is 98.4 cm³/mol. The fourth-order valence-electron chi connectivity index (χ4n) is 3.63. The molecule has 3 aromatic rings. The number of rotatable bonds is 5. The number of benzene rings is 2. The van der Waals surface area contributed by atoms with Gasteiger partial charge in [0.05, 0.1) is 18.1 Å². The van der Waals surface area contributed by atoms with Gasteiger partial charge >= 0.3 is 6.36 Å². The largest absolute Gasteiger partial charge is 0.573 e. The van der Waals surface area contributed by atoms with Crippen LogP contribution >= 0.6 is 0 Å². The molecule has 2 heterocycles. The summed E-state index contributed by atoms with van der Waals surface area (Å²) in [5, 5.41) is 0. The molecule has 1 aromatic heterocycles. The van der Waals surface area contributed by atoms with E-state index in [0.717, 1.165) is 47.7 Å². The van der Waals surface area contributed by atoms with E-state index in [1.54, 1.807) is 13.2 Å². The highest BCUT2D eigenvalue weighted by Crippen LogP contribution is 2.30. The summed E-state index contributed by atoms with van der Waals surface area (Å²) in [5.74, 6) is 1.77. The normalized spacial score (nSPS) is 17.9. The number of H-pyrrole nitrogens is 1. The lowest BCUT2D eigenvalue weighted by Crippen LogP contribution is -2.20. The van der Waals surface area contributed by atoms with Crippen LogP contribution in [0.3, 0.4) is 0 Å². The van der Waals surface area contributed by atoms with Crippen LogP contribution in [0, 0.1) is 0 Å². The van der Waals surface area contributed by atoms with Crippen molar-refractivity contribution in [2.45, 2.75) is 25.2 Å². The summed E-state index contributed by atoms with van der Waals surface area (Å²) in [4.78, 5) is 10.3. The van der Waals surface area contributed by atoms with Gasteiger partial charge in [0, 0.05) is 25.1 Å². The summed E-state index contributed by atoms with van der Waals surface area (Å²) in [6.45, 7) is 2.22. The van der Waals surface area contributed by atoms with Crippen molar-refractivity contribution in [1.29, 1.82) is 0 Å². The number of aromatic nitrogens is 2.